The summed E-state index contributed by atoms with van der Waals surface area (Å²) in [5, 5.41) is 4.35. The Bertz CT molecular complexity index is 694. The van der Waals surface area contributed by atoms with Crippen LogP contribution in [-0.2, 0) is 4.79 Å². The molecule has 0 bridgehead atoms. The predicted molar refractivity (Wildman–Crippen MR) is 89.1 cm³/mol. The molecule has 4 heteroatoms. The number of aromatic nitrogens is 2. The van der Waals surface area contributed by atoms with Crippen LogP contribution in [0.4, 0.5) is 0 Å². The van der Waals surface area contributed by atoms with Crippen LogP contribution in [0.2, 0.25) is 0 Å². The van der Waals surface area contributed by atoms with Crippen LogP contribution < -0.4 is 0 Å². The van der Waals surface area contributed by atoms with Crippen molar-refractivity contribution in [1.29, 1.82) is 0 Å². The zero-order valence-electron chi connectivity index (χ0n) is 13.6. The van der Waals surface area contributed by atoms with Crippen LogP contribution >= 0.6 is 0 Å². The molecule has 0 spiro atoms. The summed E-state index contributed by atoms with van der Waals surface area (Å²) < 4.78 is 2.00. The first-order valence-corrected chi connectivity index (χ1v) is 8.57. The minimum atomic E-state index is 0.188. The molecule has 1 saturated heterocycles. The molecule has 4 nitrogen and oxygen atoms in total. The highest BCUT2D eigenvalue weighted by molar-refractivity contribution is 5.83. The van der Waals surface area contributed by atoms with Crippen molar-refractivity contribution in [1.82, 2.24) is 14.7 Å². The number of carbonyl (C=O) groups excluding carboxylic acids is 1. The van der Waals surface area contributed by atoms with Gasteiger partial charge in [-0.2, -0.15) is 5.10 Å². The molecule has 1 aromatic heterocycles. The molecule has 1 aliphatic carbocycles. The number of amides is 1. The van der Waals surface area contributed by atoms with E-state index in [1.165, 1.54) is 11.1 Å². The van der Waals surface area contributed by atoms with Gasteiger partial charge in [0.1, 0.15) is 0 Å². The highest BCUT2D eigenvalue weighted by Crippen LogP contribution is 2.49. The summed E-state index contributed by atoms with van der Waals surface area (Å²) in [7, 11) is 0. The van der Waals surface area contributed by atoms with Gasteiger partial charge in [0, 0.05) is 31.4 Å². The number of nitrogens with zero attached hydrogens (tertiary/aromatic N) is 3. The van der Waals surface area contributed by atoms with Crippen molar-refractivity contribution in [3.05, 3.63) is 53.9 Å². The van der Waals surface area contributed by atoms with Crippen molar-refractivity contribution < 1.29 is 4.79 Å². The Hall–Kier alpha value is -2.10. The summed E-state index contributed by atoms with van der Waals surface area (Å²) in [5.74, 6) is 0.953. The summed E-state index contributed by atoms with van der Waals surface area (Å²) in [6, 6.07) is 10.9. The summed E-state index contributed by atoms with van der Waals surface area (Å²) in [4.78, 5) is 14.9. The number of piperidine rings is 1. The van der Waals surface area contributed by atoms with Crippen LogP contribution in [0.15, 0.2) is 42.7 Å². The van der Waals surface area contributed by atoms with Gasteiger partial charge < -0.3 is 4.90 Å². The number of hydrogen-bond acceptors (Lipinski definition) is 2. The number of benzene rings is 1. The second-order valence-corrected chi connectivity index (χ2v) is 6.93. The van der Waals surface area contributed by atoms with E-state index in [1.807, 2.05) is 23.1 Å². The molecular weight excluding hydrogens is 286 g/mol. The molecule has 3 atom stereocenters. The summed E-state index contributed by atoms with van der Waals surface area (Å²) >= 11 is 0. The average Bonchev–Trinajstić information content (AvgIpc) is 3.19. The van der Waals surface area contributed by atoms with Crippen molar-refractivity contribution in [3.63, 3.8) is 0 Å². The minimum Gasteiger partial charge on any atom is -0.340 e. The third-order valence-corrected chi connectivity index (χ3v) is 5.19. The molecule has 1 amide bonds. The topological polar surface area (TPSA) is 38.1 Å². The van der Waals surface area contributed by atoms with Crippen molar-refractivity contribution in [2.24, 2.45) is 5.92 Å². The van der Waals surface area contributed by atoms with Crippen LogP contribution in [0, 0.1) is 12.8 Å². The second kappa shape index (κ2) is 5.84. The van der Waals surface area contributed by atoms with Crippen molar-refractivity contribution >= 4 is 5.91 Å². The largest absolute Gasteiger partial charge is 0.340 e. The SMILES string of the molecule is Cc1cccc([C@@H]2C[C@@H]2C(=O)N2CCC[C@@H](n3cccn3)C2)c1. The Morgan fingerprint density at radius 3 is 3.00 bits per heavy atom. The van der Waals surface area contributed by atoms with Gasteiger partial charge in [0.2, 0.25) is 5.91 Å². The lowest BCUT2D eigenvalue weighted by atomic mass is 10.0. The molecule has 1 aromatic carbocycles. The standard InChI is InChI=1S/C19H23N3O/c1-14-5-2-6-15(11-14)17-12-18(17)19(23)21-9-3-7-16(13-21)22-10-4-8-20-22/h2,4-6,8,10-11,16-18H,3,7,9,12-13H2,1H3/t16-,17+,18+/m1/s1. The van der Waals surface area contributed by atoms with Gasteiger partial charge >= 0.3 is 0 Å². The van der Waals surface area contributed by atoms with Crippen molar-refractivity contribution in [3.8, 4) is 0 Å². The Balaban J connectivity index is 1.42. The molecule has 2 heterocycles. The van der Waals surface area contributed by atoms with Crippen LogP contribution in [0.5, 0.6) is 0 Å². The molecule has 2 fully saturated rings. The first-order chi connectivity index (χ1) is 11.2. The highest BCUT2D eigenvalue weighted by Gasteiger charge is 2.46. The van der Waals surface area contributed by atoms with Crippen LogP contribution in [0.3, 0.4) is 0 Å². The zero-order valence-corrected chi connectivity index (χ0v) is 13.6. The molecule has 0 N–H and O–H groups in total. The summed E-state index contributed by atoms with van der Waals surface area (Å²) in [6.45, 7) is 3.81. The van der Waals surface area contributed by atoms with Crippen LogP contribution in [-0.4, -0.2) is 33.7 Å². The first-order valence-electron chi connectivity index (χ1n) is 8.57. The fraction of sp³-hybridized carbons (Fsp3) is 0.474. The fourth-order valence-electron chi connectivity index (χ4n) is 3.84. The smallest absolute Gasteiger partial charge is 0.226 e. The first kappa shape index (κ1) is 14.5. The van der Waals surface area contributed by atoms with E-state index in [0.29, 0.717) is 17.9 Å². The normalized spacial score (nSPS) is 27.0. The van der Waals surface area contributed by atoms with Crippen molar-refractivity contribution in [2.45, 2.75) is 38.1 Å². The predicted octanol–water partition coefficient (Wildman–Crippen LogP) is 3.16. The van der Waals surface area contributed by atoms with Gasteiger partial charge in [-0.1, -0.05) is 29.8 Å². The van der Waals surface area contributed by atoms with E-state index < -0.39 is 0 Å². The van der Waals surface area contributed by atoms with Gasteiger partial charge in [0.15, 0.2) is 0 Å². The van der Waals surface area contributed by atoms with Crippen LogP contribution in [0.1, 0.15) is 42.3 Å². The molecule has 4 rings (SSSR count). The molecule has 0 radical (unpaired) electrons. The monoisotopic (exact) mass is 309 g/mol. The second-order valence-electron chi connectivity index (χ2n) is 6.93. The average molecular weight is 309 g/mol. The number of rotatable bonds is 3. The van der Waals surface area contributed by atoms with Crippen molar-refractivity contribution in [2.75, 3.05) is 13.1 Å². The van der Waals surface area contributed by atoms with Gasteiger partial charge in [-0.05, 0) is 43.7 Å². The van der Waals surface area contributed by atoms with Crippen LogP contribution in [0.25, 0.3) is 0 Å². The highest BCUT2D eigenvalue weighted by atomic mass is 16.2. The molecule has 1 aliphatic heterocycles. The van der Waals surface area contributed by atoms with E-state index in [2.05, 4.69) is 41.2 Å². The van der Waals surface area contributed by atoms with Gasteiger partial charge in [0.25, 0.3) is 0 Å². The molecular formula is C19H23N3O. The fourth-order valence-corrected chi connectivity index (χ4v) is 3.84. The van der Waals surface area contributed by atoms with E-state index >= 15 is 0 Å². The Morgan fingerprint density at radius 1 is 1.30 bits per heavy atom. The Kier molecular flexibility index (Phi) is 3.68. The van der Waals surface area contributed by atoms with E-state index in [-0.39, 0.29) is 5.92 Å². The molecule has 120 valence electrons. The van der Waals surface area contributed by atoms with E-state index in [4.69, 9.17) is 0 Å². The van der Waals surface area contributed by atoms with Gasteiger partial charge in [-0.3, -0.25) is 9.48 Å². The number of likely N-dealkylation sites (tertiary alicyclic amines) is 1. The number of hydrogen-bond donors (Lipinski definition) is 0. The maximum atomic E-state index is 12.8. The molecule has 23 heavy (non-hydrogen) atoms. The molecule has 0 unspecified atom stereocenters. The van der Waals surface area contributed by atoms with E-state index in [1.54, 1.807) is 0 Å². The maximum Gasteiger partial charge on any atom is 0.226 e. The van der Waals surface area contributed by atoms with Gasteiger partial charge in [-0.25, -0.2) is 0 Å². The number of aryl methyl sites for hydroxylation is 1. The minimum absolute atomic E-state index is 0.188. The van der Waals surface area contributed by atoms with Gasteiger partial charge in [-0.15, -0.1) is 0 Å². The lowest BCUT2D eigenvalue weighted by molar-refractivity contribution is -0.134. The maximum absolute atomic E-state index is 12.8. The lowest BCUT2D eigenvalue weighted by Gasteiger charge is -2.33. The lowest BCUT2D eigenvalue weighted by Crippen LogP contribution is -2.41. The summed E-state index contributed by atoms with van der Waals surface area (Å²) in [6.07, 6.45) is 7.00. The summed E-state index contributed by atoms with van der Waals surface area (Å²) in [5.41, 5.74) is 2.60. The number of carbonyl (C=O) groups is 1. The molecule has 1 saturated carbocycles. The third kappa shape index (κ3) is 2.90. The Labute approximate surface area is 137 Å². The van der Waals surface area contributed by atoms with Gasteiger partial charge in [0.05, 0.1) is 6.04 Å². The quantitative estimate of drug-likeness (QED) is 0.873. The Morgan fingerprint density at radius 2 is 2.22 bits per heavy atom. The molecule has 2 aliphatic rings. The van der Waals surface area contributed by atoms with E-state index in [9.17, 15) is 4.79 Å². The zero-order chi connectivity index (χ0) is 15.8. The van der Waals surface area contributed by atoms with E-state index in [0.717, 1.165) is 32.4 Å². The molecule has 2 aromatic rings. The third-order valence-electron chi connectivity index (χ3n) is 5.19.